The first kappa shape index (κ1) is 6.47. The lowest BCUT2D eigenvalue weighted by molar-refractivity contribution is -0.104. The molecule has 0 unspecified atom stereocenters. The summed E-state index contributed by atoms with van der Waals surface area (Å²) < 4.78 is 0. The standard InChI is InChI=1S/C5H7BO/c1-2-3-5(6)4-7/h3-4H,2H2,1H3. The van der Waals surface area contributed by atoms with Crippen molar-refractivity contribution in [1.82, 2.24) is 0 Å². The van der Waals surface area contributed by atoms with Gasteiger partial charge in [0.25, 0.3) is 0 Å². The molecule has 0 rings (SSSR count). The lowest BCUT2D eigenvalue weighted by Crippen LogP contribution is -1.79. The summed E-state index contributed by atoms with van der Waals surface area (Å²) in [5.74, 6) is 0. The minimum Gasteiger partial charge on any atom is -0.299 e. The largest absolute Gasteiger partial charge is 0.299 e. The third-order valence-corrected chi connectivity index (χ3v) is 0.576. The van der Waals surface area contributed by atoms with Gasteiger partial charge in [-0.1, -0.05) is 18.5 Å². The second kappa shape index (κ2) is 3.66. The minimum atomic E-state index is 0.322. The van der Waals surface area contributed by atoms with Gasteiger partial charge in [-0.15, -0.1) is 0 Å². The lowest BCUT2D eigenvalue weighted by Gasteiger charge is -1.79. The highest BCUT2D eigenvalue weighted by Gasteiger charge is 1.76. The number of hydrogen-bond acceptors (Lipinski definition) is 1. The van der Waals surface area contributed by atoms with Crippen molar-refractivity contribution in [2.45, 2.75) is 13.3 Å². The van der Waals surface area contributed by atoms with E-state index in [2.05, 4.69) is 0 Å². The molecule has 0 aliphatic carbocycles. The Labute approximate surface area is 44.8 Å². The van der Waals surface area contributed by atoms with E-state index in [1.807, 2.05) is 6.92 Å². The van der Waals surface area contributed by atoms with Crippen LogP contribution in [0, 0.1) is 0 Å². The van der Waals surface area contributed by atoms with Crippen molar-refractivity contribution in [3.63, 3.8) is 0 Å². The number of carbonyl (C=O) groups is 1. The quantitative estimate of drug-likeness (QED) is 0.279. The molecule has 0 bridgehead atoms. The molecule has 0 amide bonds. The summed E-state index contributed by atoms with van der Waals surface area (Å²) in [6.07, 6.45) is 3.14. The van der Waals surface area contributed by atoms with Gasteiger partial charge in [-0.3, -0.25) is 4.79 Å². The minimum absolute atomic E-state index is 0.322. The van der Waals surface area contributed by atoms with Gasteiger partial charge < -0.3 is 0 Å². The molecule has 0 spiro atoms. The van der Waals surface area contributed by atoms with Crippen molar-refractivity contribution in [2.24, 2.45) is 0 Å². The Bertz CT molecular complexity index is 86.1. The Morgan fingerprint density at radius 2 is 2.43 bits per heavy atom. The zero-order valence-corrected chi connectivity index (χ0v) is 4.35. The van der Waals surface area contributed by atoms with Crippen LogP contribution >= 0.6 is 0 Å². The molecule has 0 N–H and O–H groups in total. The zero-order chi connectivity index (χ0) is 5.70. The number of carbonyl (C=O) groups excluding carboxylic acids is 1. The Morgan fingerprint density at radius 3 is 2.57 bits per heavy atom. The summed E-state index contributed by atoms with van der Waals surface area (Å²) in [5, 5.41) is 0. The summed E-state index contributed by atoms with van der Waals surface area (Å²) in [5.41, 5.74) is 0.322. The number of allylic oxidation sites excluding steroid dienone is 2. The van der Waals surface area contributed by atoms with Gasteiger partial charge in [0.05, 0.1) is 0 Å². The molecule has 0 aromatic heterocycles. The molecule has 0 atom stereocenters. The molecule has 7 heavy (non-hydrogen) atoms. The van der Waals surface area contributed by atoms with E-state index in [1.54, 1.807) is 6.08 Å². The van der Waals surface area contributed by atoms with Gasteiger partial charge in [0.2, 0.25) is 0 Å². The molecule has 0 aromatic rings. The van der Waals surface area contributed by atoms with E-state index in [9.17, 15) is 4.79 Å². The number of hydrogen-bond donors (Lipinski definition) is 0. The molecular formula is C5H7BO. The topological polar surface area (TPSA) is 17.1 Å². The maximum Gasteiger partial charge on any atom is 0.135 e. The molecule has 0 saturated heterocycles. The van der Waals surface area contributed by atoms with Crippen LogP contribution in [-0.2, 0) is 4.79 Å². The third kappa shape index (κ3) is 3.30. The highest BCUT2D eigenvalue weighted by Crippen LogP contribution is 1.83. The van der Waals surface area contributed by atoms with E-state index in [1.165, 1.54) is 0 Å². The average molecular weight is 93.9 g/mol. The van der Waals surface area contributed by atoms with E-state index in [0.29, 0.717) is 11.8 Å². The van der Waals surface area contributed by atoms with Crippen LogP contribution in [0.3, 0.4) is 0 Å². The van der Waals surface area contributed by atoms with Gasteiger partial charge in [0.1, 0.15) is 14.1 Å². The van der Waals surface area contributed by atoms with Crippen LogP contribution in [-0.4, -0.2) is 14.1 Å². The average Bonchev–Trinajstić information content (AvgIpc) is 1.68. The SMILES string of the molecule is [B]C(C=O)=CCC. The predicted octanol–water partition coefficient (Wildman–Crippen LogP) is 0.648. The van der Waals surface area contributed by atoms with Gasteiger partial charge in [-0.2, -0.15) is 0 Å². The monoisotopic (exact) mass is 94.1 g/mol. The maximum absolute atomic E-state index is 9.70. The summed E-state index contributed by atoms with van der Waals surface area (Å²) >= 11 is 0. The Kier molecular flexibility index (Phi) is 3.38. The fourth-order valence-corrected chi connectivity index (χ4v) is 0.284. The molecule has 2 heteroatoms. The lowest BCUT2D eigenvalue weighted by atomic mass is 9.97. The van der Waals surface area contributed by atoms with E-state index < -0.39 is 0 Å². The fraction of sp³-hybridized carbons (Fsp3) is 0.400. The van der Waals surface area contributed by atoms with Gasteiger partial charge >= 0.3 is 0 Å². The first-order valence-electron chi connectivity index (χ1n) is 2.22. The van der Waals surface area contributed by atoms with E-state index in [-0.39, 0.29) is 0 Å². The maximum atomic E-state index is 9.70. The Balaban J connectivity index is 3.49. The van der Waals surface area contributed by atoms with E-state index in [0.717, 1.165) is 6.42 Å². The normalized spacial score (nSPS) is 11.3. The van der Waals surface area contributed by atoms with E-state index >= 15 is 0 Å². The number of rotatable bonds is 2. The molecule has 0 aliphatic heterocycles. The Hall–Kier alpha value is -0.525. The predicted molar refractivity (Wildman–Crippen MR) is 30.2 cm³/mol. The van der Waals surface area contributed by atoms with Crippen molar-refractivity contribution >= 4 is 14.1 Å². The highest BCUT2D eigenvalue weighted by atomic mass is 16.1. The molecule has 0 saturated carbocycles. The van der Waals surface area contributed by atoms with Crippen LogP contribution in [0.5, 0.6) is 0 Å². The third-order valence-electron chi connectivity index (χ3n) is 0.576. The molecule has 1 nitrogen and oxygen atoms in total. The molecule has 0 aromatic carbocycles. The molecule has 0 aliphatic rings. The zero-order valence-electron chi connectivity index (χ0n) is 4.35. The van der Waals surface area contributed by atoms with Crippen molar-refractivity contribution in [1.29, 1.82) is 0 Å². The number of aldehydes is 1. The molecule has 0 heterocycles. The van der Waals surface area contributed by atoms with Gasteiger partial charge in [0, 0.05) is 0 Å². The summed E-state index contributed by atoms with van der Waals surface area (Å²) in [4.78, 5) is 9.70. The van der Waals surface area contributed by atoms with Gasteiger partial charge in [-0.25, -0.2) is 0 Å². The van der Waals surface area contributed by atoms with Crippen molar-refractivity contribution in [3.8, 4) is 0 Å². The van der Waals surface area contributed by atoms with Crippen LogP contribution in [0.4, 0.5) is 0 Å². The molecule has 2 radical (unpaired) electrons. The molecule has 36 valence electrons. The Morgan fingerprint density at radius 1 is 1.86 bits per heavy atom. The molecular weight excluding hydrogens is 86.9 g/mol. The first-order chi connectivity index (χ1) is 3.31. The van der Waals surface area contributed by atoms with Crippen LogP contribution < -0.4 is 0 Å². The van der Waals surface area contributed by atoms with E-state index in [4.69, 9.17) is 7.85 Å². The highest BCUT2D eigenvalue weighted by molar-refractivity contribution is 6.31. The van der Waals surface area contributed by atoms with Crippen molar-refractivity contribution < 1.29 is 4.79 Å². The summed E-state index contributed by atoms with van der Waals surface area (Å²) in [6.45, 7) is 1.93. The van der Waals surface area contributed by atoms with Crippen LogP contribution in [0.1, 0.15) is 13.3 Å². The summed E-state index contributed by atoms with van der Waals surface area (Å²) in [6, 6.07) is 0. The van der Waals surface area contributed by atoms with Gasteiger partial charge in [0.15, 0.2) is 0 Å². The van der Waals surface area contributed by atoms with Crippen LogP contribution in [0.2, 0.25) is 0 Å². The molecule has 0 fully saturated rings. The summed E-state index contributed by atoms with van der Waals surface area (Å²) in [7, 11) is 5.08. The smallest absolute Gasteiger partial charge is 0.135 e. The van der Waals surface area contributed by atoms with Gasteiger partial charge in [-0.05, 0) is 6.42 Å². The van der Waals surface area contributed by atoms with Crippen molar-refractivity contribution in [2.75, 3.05) is 0 Å². The second-order valence-corrected chi connectivity index (χ2v) is 1.23. The van der Waals surface area contributed by atoms with Crippen LogP contribution in [0.15, 0.2) is 11.5 Å². The second-order valence-electron chi connectivity index (χ2n) is 1.23. The van der Waals surface area contributed by atoms with Crippen molar-refractivity contribution in [3.05, 3.63) is 11.5 Å². The first-order valence-corrected chi connectivity index (χ1v) is 2.22. The fourth-order valence-electron chi connectivity index (χ4n) is 0.284. The van der Waals surface area contributed by atoms with Crippen LogP contribution in [0.25, 0.3) is 0 Å².